The molecule has 1 aliphatic rings. The molecule has 1 heterocycles. The topological polar surface area (TPSA) is 50.9 Å². The van der Waals surface area contributed by atoms with Crippen LogP contribution >= 0.6 is 11.3 Å². The van der Waals surface area contributed by atoms with E-state index in [1.54, 1.807) is 11.3 Å². The van der Waals surface area contributed by atoms with Crippen molar-refractivity contribution < 1.29 is 0 Å². The van der Waals surface area contributed by atoms with E-state index in [-0.39, 0.29) is 0 Å². The molecule has 0 aromatic carbocycles. The summed E-state index contributed by atoms with van der Waals surface area (Å²) in [6, 6.07) is 0.383. The predicted octanol–water partition coefficient (Wildman–Crippen LogP) is 2.49. The Kier molecular flexibility index (Phi) is 3.95. The first-order chi connectivity index (χ1) is 7.74. The summed E-state index contributed by atoms with van der Waals surface area (Å²) < 4.78 is 0. The van der Waals surface area contributed by atoms with E-state index >= 15 is 0 Å². The van der Waals surface area contributed by atoms with Gasteiger partial charge in [0.15, 0.2) is 0 Å². The van der Waals surface area contributed by atoms with Crippen molar-refractivity contribution in [3.05, 3.63) is 16.6 Å². The Labute approximate surface area is 101 Å². The number of nitrogens with zero attached hydrogens (tertiary/aromatic N) is 1. The maximum absolute atomic E-state index is 5.74. The third-order valence-electron chi connectivity index (χ3n) is 3.93. The summed E-state index contributed by atoms with van der Waals surface area (Å²) in [6.45, 7) is 2.37. The van der Waals surface area contributed by atoms with E-state index in [4.69, 9.17) is 5.84 Å². The van der Waals surface area contributed by atoms with Crippen LogP contribution in [0.3, 0.4) is 0 Å². The summed E-state index contributed by atoms with van der Waals surface area (Å²) in [5, 5.41) is 0. The number of thiazole rings is 1. The minimum atomic E-state index is 0.358. The quantitative estimate of drug-likeness (QED) is 0.627. The van der Waals surface area contributed by atoms with Gasteiger partial charge in [-0.15, -0.1) is 11.3 Å². The lowest BCUT2D eigenvalue weighted by atomic mass is 9.70. The van der Waals surface area contributed by atoms with Gasteiger partial charge in [0.05, 0.1) is 5.51 Å². The van der Waals surface area contributed by atoms with Gasteiger partial charge < -0.3 is 0 Å². The van der Waals surface area contributed by atoms with Gasteiger partial charge in [-0.2, -0.15) is 0 Å². The van der Waals surface area contributed by atoms with Gasteiger partial charge in [-0.25, -0.2) is 0 Å². The normalized spacial score (nSPS) is 21.9. The smallest absolute Gasteiger partial charge is 0.0794 e. The minimum absolute atomic E-state index is 0.358. The van der Waals surface area contributed by atoms with Gasteiger partial charge in [0.25, 0.3) is 0 Å². The first-order valence-corrected chi connectivity index (χ1v) is 6.96. The number of hydrogen-bond acceptors (Lipinski definition) is 4. The van der Waals surface area contributed by atoms with Gasteiger partial charge >= 0.3 is 0 Å². The summed E-state index contributed by atoms with van der Waals surface area (Å²) in [5.41, 5.74) is 5.28. The largest absolute Gasteiger partial charge is 0.271 e. The third kappa shape index (κ3) is 2.62. The molecule has 90 valence electrons. The van der Waals surface area contributed by atoms with Gasteiger partial charge in [-0.05, 0) is 18.3 Å². The first kappa shape index (κ1) is 12.0. The van der Waals surface area contributed by atoms with Crippen LogP contribution in [0.15, 0.2) is 11.7 Å². The maximum Gasteiger partial charge on any atom is 0.0794 e. The monoisotopic (exact) mass is 239 g/mol. The molecule has 0 amide bonds. The van der Waals surface area contributed by atoms with Crippen molar-refractivity contribution in [1.82, 2.24) is 10.4 Å². The van der Waals surface area contributed by atoms with Gasteiger partial charge in [-0.1, -0.05) is 26.2 Å². The third-order valence-corrected chi connectivity index (χ3v) is 4.73. The van der Waals surface area contributed by atoms with Crippen molar-refractivity contribution >= 4 is 11.3 Å². The molecule has 4 heteroatoms. The van der Waals surface area contributed by atoms with Crippen LogP contribution < -0.4 is 11.3 Å². The van der Waals surface area contributed by atoms with Crippen LogP contribution in [0.5, 0.6) is 0 Å². The van der Waals surface area contributed by atoms with Crippen molar-refractivity contribution in [2.75, 3.05) is 0 Å². The second-order valence-electron chi connectivity index (χ2n) is 5.11. The first-order valence-electron chi connectivity index (χ1n) is 6.08. The molecule has 0 spiro atoms. The fourth-order valence-electron chi connectivity index (χ4n) is 2.76. The van der Waals surface area contributed by atoms with Crippen molar-refractivity contribution in [1.29, 1.82) is 0 Å². The Hall–Kier alpha value is -0.450. The fourth-order valence-corrected chi connectivity index (χ4v) is 3.40. The number of nitrogens with two attached hydrogens (primary N) is 1. The second-order valence-corrected chi connectivity index (χ2v) is 6.08. The van der Waals surface area contributed by atoms with Gasteiger partial charge in [0.2, 0.25) is 0 Å². The van der Waals surface area contributed by atoms with Gasteiger partial charge in [-0.3, -0.25) is 16.3 Å². The molecule has 1 aromatic heterocycles. The molecule has 2 rings (SSSR count). The zero-order chi connectivity index (χ0) is 11.4. The summed E-state index contributed by atoms with van der Waals surface area (Å²) >= 11 is 1.72. The highest BCUT2D eigenvalue weighted by atomic mass is 32.1. The summed E-state index contributed by atoms with van der Waals surface area (Å²) in [5.74, 6) is 5.74. The maximum atomic E-state index is 5.74. The van der Waals surface area contributed by atoms with Crippen LogP contribution in [-0.2, 0) is 6.42 Å². The van der Waals surface area contributed by atoms with E-state index < -0.39 is 0 Å². The van der Waals surface area contributed by atoms with Crippen LogP contribution in [0.4, 0.5) is 0 Å². The molecule has 1 fully saturated rings. The van der Waals surface area contributed by atoms with Crippen LogP contribution in [0.25, 0.3) is 0 Å². The zero-order valence-corrected chi connectivity index (χ0v) is 10.7. The van der Waals surface area contributed by atoms with Gasteiger partial charge in [0, 0.05) is 23.5 Å². The molecule has 1 unspecified atom stereocenters. The molecule has 0 saturated heterocycles. The molecule has 1 atom stereocenters. The Bertz CT molecular complexity index is 304. The van der Waals surface area contributed by atoms with Gasteiger partial charge in [0.1, 0.15) is 0 Å². The van der Waals surface area contributed by atoms with E-state index in [1.807, 2.05) is 11.7 Å². The molecule has 16 heavy (non-hydrogen) atoms. The molecule has 3 nitrogen and oxygen atoms in total. The highest BCUT2D eigenvalue weighted by molar-refractivity contribution is 7.09. The van der Waals surface area contributed by atoms with Crippen molar-refractivity contribution in [2.45, 2.75) is 51.5 Å². The predicted molar refractivity (Wildman–Crippen MR) is 68.1 cm³/mol. The lowest BCUT2D eigenvalue weighted by Crippen LogP contribution is -2.49. The lowest BCUT2D eigenvalue weighted by molar-refractivity contribution is 0.144. The van der Waals surface area contributed by atoms with Crippen molar-refractivity contribution in [2.24, 2.45) is 11.3 Å². The summed E-state index contributed by atoms with van der Waals surface area (Å²) in [7, 11) is 0. The average molecular weight is 239 g/mol. The average Bonchev–Trinajstić information content (AvgIpc) is 2.79. The SMILES string of the molecule is CC1(C(Cc2cncs2)NN)CCCCC1. The van der Waals surface area contributed by atoms with E-state index in [2.05, 4.69) is 17.3 Å². The highest BCUT2D eigenvalue weighted by Gasteiger charge is 2.34. The van der Waals surface area contributed by atoms with Crippen LogP contribution in [-0.4, -0.2) is 11.0 Å². The molecular weight excluding hydrogens is 218 g/mol. The number of hydrogen-bond donors (Lipinski definition) is 2. The molecule has 1 saturated carbocycles. The number of nitrogens with one attached hydrogen (secondary N) is 1. The minimum Gasteiger partial charge on any atom is -0.271 e. The lowest BCUT2D eigenvalue weighted by Gasteiger charge is -2.40. The Morgan fingerprint density at radius 3 is 2.81 bits per heavy atom. The second kappa shape index (κ2) is 5.25. The van der Waals surface area contributed by atoms with Crippen molar-refractivity contribution in [3.63, 3.8) is 0 Å². The van der Waals surface area contributed by atoms with Crippen LogP contribution in [0, 0.1) is 5.41 Å². The molecule has 1 aliphatic carbocycles. The standard InChI is InChI=1S/C12H21N3S/c1-12(5-3-2-4-6-12)11(15-13)7-10-8-14-9-16-10/h8-9,11,15H,2-7,13H2,1H3. The molecule has 0 radical (unpaired) electrons. The Morgan fingerprint density at radius 2 is 2.25 bits per heavy atom. The molecule has 0 bridgehead atoms. The van der Waals surface area contributed by atoms with E-state index in [1.165, 1.54) is 37.0 Å². The summed E-state index contributed by atoms with van der Waals surface area (Å²) in [4.78, 5) is 5.46. The van der Waals surface area contributed by atoms with Crippen LogP contribution in [0.2, 0.25) is 0 Å². The molecular formula is C12H21N3S. The Morgan fingerprint density at radius 1 is 1.50 bits per heavy atom. The van der Waals surface area contributed by atoms with E-state index in [9.17, 15) is 0 Å². The van der Waals surface area contributed by atoms with E-state index in [0.29, 0.717) is 11.5 Å². The molecule has 0 aliphatic heterocycles. The van der Waals surface area contributed by atoms with Crippen LogP contribution in [0.1, 0.15) is 43.9 Å². The number of aromatic nitrogens is 1. The fraction of sp³-hybridized carbons (Fsp3) is 0.750. The summed E-state index contributed by atoms with van der Waals surface area (Å²) in [6.07, 6.45) is 9.63. The van der Waals surface area contributed by atoms with E-state index in [0.717, 1.165) is 6.42 Å². The molecule has 3 N–H and O–H groups in total. The zero-order valence-electron chi connectivity index (χ0n) is 9.91. The number of rotatable bonds is 4. The van der Waals surface area contributed by atoms with Crippen molar-refractivity contribution in [3.8, 4) is 0 Å². The molecule has 1 aromatic rings. The number of hydrazine groups is 1. The Balaban J connectivity index is 2.03. The highest BCUT2D eigenvalue weighted by Crippen LogP contribution is 2.39.